The monoisotopic (exact) mass is 220 g/mol. The summed E-state index contributed by atoms with van der Waals surface area (Å²) >= 11 is 0. The van der Waals surface area contributed by atoms with E-state index < -0.39 is 6.04 Å². The van der Waals surface area contributed by atoms with Gasteiger partial charge in [-0.25, -0.2) is 0 Å². The fourth-order valence-corrected chi connectivity index (χ4v) is 1.63. The van der Waals surface area contributed by atoms with Crippen molar-refractivity contribution in [2.75, 3.05) is 5.32 Å². The number of carbonyl (C=O) groups excluding carboxylic acids is 1. The summed E-state index contributed by atoms with van der Waals surface area (Å²) < 4.78 is 0. The van der Waals surface area contributed by atoms with Crippen LogP contribution in [0.15, 0.2) is 18.2 Å². The molecule has 0 aliphatic carbocycles. The van der Waals surface area contributed by atoms with Crippen LogP contribution in [0.25, 0.3) is 0 Å². The van der Waals surface area contributed by atoms with Crippen molar-refractivity contribution in [1.82, 2.24) is 0 Å². The van der Waals surface area contributed by atoms with Gasteiger partial charge in [0.2, 0.25) is 5.91 Å². The molecule has 3 nitrogen and oxygen atoms in total. The first-order valence-corrected chi connectivity index (χ1v) is 5.76. The van der Waals surface area contributed by atoms with E-state index in [1.54, 1.807) is 6.92 Å². The number of hydrogen-bond donors (Lipinski definition) is 2. The van der Waals surface area contributed by atoms with E-state index in [1.165, 1.54) is 11.1 Å². The summed E-state index contributed by atoms with van der Waals surface area (Å²) in [4.78, 5) is 11.4. The molecular weight excluding hydrogens is 200 g/mol. The zero-order valence-corrected chi connectivity index (χ0v) is 10.2. The van der Waals surface area contributed by atoms with Crippen molar-refractivity contribution >= 4 is 11.6 Å². The van der Waals surface area contributed by atoms with Crippen LogP contribution < -0.4 is 11.1 Å². The van der Waals surface area contributed by atoms with Crippen molar-refractivity contribution in [1.29, 1.82) is 0 Å². The maximum absolute atomic E-state index is 11.4. The molecule has 1 aromatic carbocycles. The first-order chi connectivity index (χ1) is 7.58. The topological polar surface area (TPSA) is 55.1 Å². The van der Waals surface area contributed by atoms with Crippen LogP contribution in [-0.4, -0.2) is 11.9 Å². The van der Waals surface area contributed by atoms with Gasteiger partial charge in [0.05, 0.1) is 6.04 Å². The molecule has 0 aromatic heterocycles. The highest BCUT2D eigenvalue weighted by atomic mass is 16.2. The lowest BCUT2D eigenvalue weighted by atomic mass is 10.0. The first-order valence-electron chi connectivity index (χ1n) is 5.76. The average molecular weight is 220 g/mol. The molecule has 1 rings (SSSR count). The van der Waals surface area contributed by atoms with Gasteiger partial charge in [0.1, 0.15) is 0 Å². The molecule has 0 radical (unpaired) electrons. The molecular formula is C13H20N2O. The Morgan fingerprint density at radius 1 is 1.31 bits per heavy atom. The Labute approximate surface area is 97.0 Å². The second-order valence-corrected chi connectivity index (χ2v) is 3.97. The molecule has 0 fully saturated rings. The zero-order chi connectivity index (χ0) is 12.1. The Hall–Kier alpha value is -1.35. The maximum Gasteiger partial charge on any atom is 0.240 e. The van der Waals surface area contributed by atoms with Gasteiger partial charge in [0.25, 0.3) is 0 Å². The number of amides is 1. The molecule has 1 aromatic rings. The van der Waals surface area contributed by atoms with Crippen LogP contribution in [0, 0.1) is 0 Å². The van der Waals surface area contributed by atoms with E-state index in [-0.39, 0.29) is 5.91 Å². The first kappa shape index (κ1) is 12.7. The summed E-state index contributed by atoms with van der Waals surface area (Å²) in [6.07, 6.45) is 2.00. The van der Waals surface area contributed by atoms with E-state index in [1.807, 2.05) is 12.1 Å². The molecule has 0 heterocycles. The highest BCUT2D eigenvalue weighted by Crippen LogP contribution is 2.17. The van der Waals surface area contributed by atoms with Crippen molar-refractivity contribution < 1.29 is 4.79 Å². The fourth-order valence-electron chi connectivity index (χ4n) is 1.63. The van der Waals surface area contributed by atoms with Crippen molar-refractivity contribution in [3.8, 4) is 0 Å². The number of aryl methyl sites for hydroxylation is 2. The lowest BCUT2D eigenvalue weighted by Gasteiger charge is -2.11. The molecule has 88 valence electrons. The minimum absolute atomic E-state index is 0.147. The normalized spacial score (nSPS) is 12.2. The predicted molar refractivity (Wildman–Crippen MR) is 67.5 cm³/mol. The molecule has 0 aliphatic heterocycles. The molecule has 0 aliphatic rings. The number of nitrogens with one attached hydrogen (secondary N) is 1. The van der Waals surface area contributed by atoms with E-state index in [9.17, 15) is 4.79 Å². The fraction of sp³-hybridized carbons (Fsp3) is 0.462. The van der Waals surface area contributed by atoms with E-state index in [4.69, 9.17) is 5.73 Å². The lowest BCUT2D eigenvalue weighted by Crippen LogP contribution is -2.32. The van der Waals surface area contributed by atoms with Crippen molar-refractivity contribution in [2.45, 2.75) is 39.7 Å². The lowest BCUT2D eigenvalue weighted by molar-refractivity contribution is -0.117. The summed E-state index contributed by atoms with van der Waals surface area (Å²) in [6, 6.07) is 5.54. The van der Waals surface area contributed by atoms with Crippen LogP contribution in [-0.2, 0) is 17.6 Å². The predicted octanol–water partition coefficient (Wildman–Crippen LogP) is 2.10. The summed E-state index contributed by atoms with van der Waals surface area (Å²) in [6.45, 7) is 5.93. The van der Waals surface area contributed by atoms with Crippen molar-refractivity contribution in [3.63, 3.8) is 0 Å². The van der Waals surface area contributed by atoms with E-state index in [0.717, 1.165) is 18.5 Å². The third kappa shape index (κ3) is 3.07. The molecule has 3 heteroatoms. The average Bonchev–Trinajstić information content (AvgIpc) is 2.28. The van der Waals surface area contributed by atoms with Crippen LogP contribution in [0.3, 0.4) is 0 Å². The Bertz CT molecular complexity index is 372. The smallest absolute Gasteiger partial charge is 0.240 e. The van der Waals surface area contributed by atoms with Gasteiger partial charge in [-0.1, -0.05) is 19.9 Å². The number of anilines is 1. The molecule has 3 N–H and O–H groups in total. The standard InChI is InChI=1S/C13H20N2O/c1-4-10-6-7-12(8-11(10)5-2)15-13(16)9(3)14/h6-9H,4-5,14H2,1-3H3,(H,15,16). The molecule has 0 saturated heterocycles. The Morgan fingerprint density at radius 2 is 1.94 bits per heavy atom. The Kier molecular flexibility index (Phi) is 4.50. The van der Waals surface area contributed by atoms with Crippen LogP contribution in [0.4, 0.5) is 5.69 Å². The largest absolute Gasteiger partial charge is 0.325 e. The van der Waals surface area contributed by atoms with E-state index in [0.29, 0.717) is 0 Å². The van der Waals surface area contributed by atoms with Gasteiger partial charge in [-0.15, -0.1) is 0 Å². The zero-order valence-electron chi connectivity index (χ0n) is 10.2. The third-order valence-electron chi connectivity index (χ3n) is 2.65. The molecule has 1 amide bonds. The number of carbonyl (C=O) groups is 1. The molecule has 16 heavy (non-hydrogen) atoms. The highest BCUT2D eigenvalue weighted by Gasteiger charge is 2.08. The number of hydrogen-bond acceptors (Lipinski definition) is 2. The Balaban J connectivity index is 2.87. The molecule has 0 saturated carbocycles. The van der Waals surface area contributed by atoms with Gasteiger partial charge in [-0.2, -0.15) is 0 Å². The summed E-state index contributed by atoms with van der Waals surface area (Å²) in [5.74, 6) is -0.147. The number of nitrogens with two attached hydrogens (primary N) is 1. The quantitative estimate of drug-likeness (QED) is 0.816. The molecule has 0 bridgehead atoms. The van der Waals surface area contributed by atoms with Gasteiger partial charge in [0.15, 0.2) is 0 Å². The van der Waals surface area contributed by atoms with Crippen molar-refractivity contribution in [2.24, 2.45) is 5.73 Å². The summed E-state index contributed by atoms with van der Waals surface area (Å²) in [5, 5.41) is 2.80. The SMILES string of the molecule is CCc1ccc(NC(=O)C(C)N)cc1CC. The molecule has 1 unspecified atom stereocenters. The van der Waals surface area contributed by atoms with Crippen LogP contribution in [0.5, 0.6) is 0 Å². The van der Waals surface area contributed by atoms with Crippen LogP contribution in [0.1, 0.15) is 31.9 Å². The maximum atomic E-state index is 11.4. The van der Waals surface area contributed by atoms with Gasteiger partial charge in [0, 0.05) is 5.69 Å². The minimum atomic E-state index is -0.476. The molecule has 1 atom stereocenters. The number of benzene rings is 1. The third-order valence-corrected chi connectivity index (χ3v) is 2.65. The number of rotatable bonds is 4. The minimum Gasteiger partial charge on any atom is -0.325 e. The second kappa shape index (κ2) is 5.66. The van der Waals surface area contributed by atoms with Gasteiger partial charge >= 0.3 is 0 Å². The highest BCUT2D eigenvalue weighted by molar-refractivity contribution is 5.94. The van der Waals surface area contributed by atoms with E-state index in [2.05, 4.69) is 25.2 Å². The van der Waals surface area contributed by atoms with Crippen LogP contribution in [0.2, 0.25) is 0 Å². The van der Waals surface area contributed by atoms with Gasteiger partial charge in [-0.3, -0.25) is 4.79 Å². The molecule has 0 spiro atoms. The second-order valence-electron chi connectivity index (χ2n) is 3.97. The summed E-state index contributed by atoms with van der Waals surface area (Å²) in [7, 11) is 0. The van der Waals surface area contributed by atoms with Gasteiger partial charge < -0.3 is 11.1 Å². The Morgan fingerprint density at radius 3 is 2.44 bits per heavy atom. The van der Waals surface area contributed by atoms with Gasteiger partial charge in [-0.05, 0) is 43.0 Å². The van der Waals surface area contributed by atoms with E-state index >= 15 is 0 Å². The van der Waals surface area contributed by atoms with Crippen molar-refractivity contribution in [3.05, 3.63) is 29.3 Å². The van der Waals surface area contributed by atoms with Crippen LogP contribution >= 0.6 is 0 Å². The summed E-state index contributed by atoms with van der Waals surface area (Å²) in [5.41, 5.74) is 8.95.